The van der Waals surface area contributed by atoms with Crippen molar-refractivity contribution in [2.24, 2.45) is 0 Å². The molecule has 0 aliphatic carbocycles. The largest absolute Gasteiger partial charge is 0.488 e. The van der Waals surface area contributed by atoms with E-state index in [1.165, 1.54) is 5.56 Å². The Labute approximate surface area is 89.5 Å². The standard InChI is InChI=1S/C11H14ClNO/c1-9(12)8-14-11-5-3-4-10(6-11)7-13-2/h3-6,13H,1,7-8H2,2H3. The number of rotatable bonds is 5. The van der Waals surface area contributed by atoms with Crippen molar-refractivity contribution in [2.45, 2.75) is 6.54 Å². The molecule has 0 heterocycles. The minimum atomic E-state index is 0.352. The molecule has 0 saturated heterocycles. The maximum absolute atomic E-state index is 5.60. The highest BCUT2D eigenvalue weighted by atomic mass is 35.5. The van der Waals surface area contributed by atoms with Gasteiger partial charge < -0.3 is 10.1 Å². The Bertz CT molecular complexity index is 312. The lowest BCUT2D eigenvalue weighted by atomic mass is 10.2. The summed E-state index contributed by atoms with van der Waals surface area (Å²) in [6.07, 6.45) is 0. The van der Waals surface area contributed by atoms with Gasteiger partial charge in [-0.25, -0.2) is 0 Å². The van der Waals surface area contributed by atoms with E-state index in [4.69, 9.17) is 16.3 Å². The number of ether oxygens (including phenoxy) is 1. The van der Waals surface area contributed by atoms with Gasteiger partial charge in [-0.05, 0) is 24.7 Å². The van der Waals surface area contributed by atoms with Gasteiger partial charge in [-0.1, -0.05) is 30.3 Å². The van der Waals surface area contributed by atoms with Gasteiger partial charge in [0.05, 0.1) is 0 Å². The zero-order valence-corrected chi connectivity index (χ0v) is 8.97. The molecule has 2 nitrogen and oxygen atoms in total. The normalized spacial score (nSPS) is 9.86. The Morgan fingerprint density at radius 1 is 1.57 bits per heavy atom. The van der Waals surface area contributed by atoms with Gasteiger partial charge in [0.2, 0.25) is 0 Å². The monoisotopic (exact) mass is 211 g/mol. The van der Waals surface area contributed by atoms with E-state index in [0.29, 0.717) is 11.6 Å². The van der Waals surface area contributed by atoms with Gasteiger partial charge in [0.25, 0.3) is 0 Å². The third-order valence-corrected chi connectivity index (χ3v) is 1.78. The lowest BCUT2D eigenvalue weighted by molar-refractivity contribution is 0.359. The third-order valence-electron chi connectivity index (χ3n) is 1.67. The van der Waals surface area contributed by atoms with Crippen LogP contribution in [0.5, 0.6) is 5.75 Å². The maximum Gasteiger partial charge on any atom is 0.123 e. The van der Waals surface area contributed by atoms with E-state index >= 15 is 0 Å². The van der Waals surface area contributed by atoms with Crippen molar-refractivity contribution in [2.75, 3.05) is 13.7 Å². The molecule has 0 amide bonds. The molecule has 1 N–H and O–H groups in total. The molecule has 14 heavy (non-hydrogen) atoms. The molecule has 0 aromatic heterocycles. The highest BCUT2D eigenvalue weighted by Gasteiger charge is 1.96. The first kappa shape index (κ1) is 11.1. The van der Waals surface area contributed by atoms with Crippen molar-refractivity contribution >= 4 is 11.6 Å². The molecule has 0 saturated carbocycles. The Kier molecular flexibility index (Phi) is 4.50. The summed E-state index contributed by atoms with van der Waals surface area (Å²) in [4.78, 5) is 0. The van der Waals surface area contributed by atoms with Crippen molar-refractivity contribution in [3.05, 3.63) is 41.4 Å². The van der Waals surface area contributed by atoms with Crippen LogP contribution in [0.3, 0.4) is 0 Å². The highest BCUT2D eigenvalue weighted by Crippen LogP contribution is 2.14. The minimum absolute atomic E-state index is 0.352. The van der Waals surface area contributed by atoms with Gasteiger partial charge in [-0.3, -0.25) is 0 Å². The van der Waals surface area contributed by atoms with Crippen molar-refractivity contribution in [3.8, 4) is 5.75 Å². The second kappa shape index (κ2) is 5.68. The molecule has 0 bridgehead atoms. The zero-order valence-electron chi connectivity index (χ0n) is 8.22. The van der Waals surface area contributed by atoms with Crippen LogP contribution < -0.4 is 10.1 Å². The average molecular weight is 212 g/mol. The fraction of sp³-hybridized carbons (Fsp3) is 0.273. The van der Waals surface area contributed by atoms with Crippen molar-refractivity contribution in [1.82, 2.24) is 5.32 Å². The van der Waals surface area contributed by atoms with E-state index in [1.807, 2.05) is 31.3 Å². The molecule has 1 aromatic carbocycles. The molecule has 0 radical (unpaired) electrons. The Balaban J connectivity index is 2.58. The second-order valence-electron chi connectivity index (χ2n) is 2.98. The average Bonchev–Trinajstić information content (AvgIpc) is 2.16. The molecule has 3 heteroatoms. The molecule has 0 unspecified atom stereocenters. The van der Waals surface area contributed by atoms with E-state index in [1.54, 1.807) is 0 Å². The minimum Gasteiger partial charge on any atom is -0.488 e. The van der Waals surface area contributed by atoms with Gasteiger partial charge in [0.15, 0.2) is 0 Å². The van der Waals surface area contributed by atoms with E-state index in [2.05, 4.69) is 11.9 Å². The van der Waals surface area contributed by atoms with Crippen molar-refractivity contribution in [1.29, 1.82) is 0 Å². The number of hydrogen-bond acceptors (Lipinski definition) is 2. The van der Waals surface area contributed by atoms with Gasteiger partial charge in [-0.15, -0.1) is 0 Å². The number of benzene rings is 1. The van der Waals surface area contributed by atoms with Crippen LogP contribution in [-0.4, -0.2) is 13.7 Å². The third kappa shape index (κ3) is 3.81. The first-order valence-corrected chi connectivity index (χ1v) is 4.80. The van der Waals surface area contributed by atoms with E-state index in [0.717, 1.165) is 12.3 Å². The van der Waals surface area contributed by atoms with Crippen molar-refractivity contribution in [3.63, 3.8) is 0 Å². The highest BCUT2D eigenvalue weighted by molar-refractivity contribution is 6.29. The summed E-state index contributed by atoms with van der Waals surface area (Å²) in [6.45, 7) is 4.74. The molecule has 0 aliphatic heterocycles. The summed E-state index contributed by atoms with van der Waals surface area (Å²) in [7, 11) is 1.91. The lowest BCUT2D eigenvalue weighted by Crippen LogP contribution is -2.05. The molecule has 1 aromatic rings. The summed E-state index contributed by atoms with van der Waals surface area (Å²) in [5.41, 5.74) is 1.19. The van der Waals surface area contributed by atoms with Crippen LogP contribution in [0.2, 0.25) is 0 Å². The fourth-order valence-electron chi connectivity index (χ4n) is 1.11. The van der Waals surface area contributed by atoms with Crippen LogP contribution in [-0.2, 0) is 6.54 Å². The molecule has 0 atom stereocenters. The Morgan fingerprint density at radius 3 is 3.00 bits per heavy atom. The van der Waals surface area contributed by atoms with Crippen LogP contribution in [0.1, 0.15) is 5.56 Å². The van der Waals surface area contributed by atoms with Gasteiger partial charge in [0.1, 0.15) is 12.4 Å². The van der Waals surface area contributed by atoms with Crippen molar-refractivity contribution < 1.29 is 4.74 Å². The molecule has 76 valence electrons. The van der Waals surface area contributed by atoms with Gasteiger partial charge in [-0.2, -0.15) is 0 Å². The topological polar surface area (TPSA) is 21.3 Å². The van der Waals surface area contributed by atoms with Gasteiger partial charge in [0, 0.05) is 11.6 Å². The molecular formula is C11H14ClNO. The molecule has 0 aliphatic rings. The first-order valence-electron chi connectivity index (χ1n) is 4.42. The van der Waals surface area contributed by atoms with Gasteiger partial charge >= 0.3 is 0 Å². The summed E-state index contributed by atoms with van der Waals surface area (Å²) in [6, 6.07) is 7.88. The summed E-state index contributed by atoms with van der Waals surface area (Å²) in [5.74, 6) is 0.819. The molecule has 0 fully saturated rings. The van der Waals surface area contributed by atoms with E-state index in [-0.39, 0.29) is 0 Å². The summed E-state index contributed by atoms with van der Waals surface area (Å²) in [5, 5.41) is 3.58. The maximum atomic E-state index is 5.60. The Hall–Kier alpha value is -0.990. The molecule has 0 spiro atoms. The number of nitrogens with one attached hydrogen (secondary N) is 1. The van der Waals surface area contributed by atoms with Crippen LogP contribution >= 0.6 is 11.6 Å². The Morgan fingerprint density at radius 2 is 2.36 bits per heavy atom. The smallest absolute Gasteiger partial charge is 0.123 e. The van der Waals surface area contributed by atoms with Crippen LogP contribution in [0.15, 0.2) is 35.9 Å². The van der Waals surface area contributed by atoms with Crippen LogP contribution in [0.4, 0.5) is 0 Å². The first-order chi connectivity index (χ1) is 6.72. The van der Waals surface area contributed by atoms with Crippen LogP contribution in [0.25, 0.3) is 0 Å². The van der Waals surface area contributed by atoms with E-state index < -0.39 is 0 Å². The quantitative estimate of drug-likeness (QED) is 0.808. The number of hydrogen-bond donors (Lipinski definition) is 1. The van der Waals surface area contributed by atoms with E-state index in [9.17, 15) is 0 Å². The SMILES string of the molecule is C=C(Cl)COc1cccc(CNC)c1. The predicted molar refractivity (Wildman–Crippen MR) is 59.7 cm³/mol. The molecular weight excluding hydrogens is 198 g/mol. The summed E-state index contributed by atoms with van der Waals surface area (Å²) < 4.78 is 5.40. The summed E-state index contributed by atoms with van der Waals surface area (Å²) >= 11 is 5.60. The number of halogens is 1. The van der Waals surface area contributed by atoms with Crippen LogP contribution in [0, 0.1) is 0 Å². The lowest BCUT2D eigenvalue weighted by Gasteiger charge is -2.06. The zero-order chi connectivity index (χ0) is 10.4. The molecule has 1 rings (SSSR count). The fourth-order valence-corrected chi connectivity index (χ4v) is 1.17. The second-order valence-corrected chi connectivity index (χ2v) is 3.52. The predicted octanol–water partition coefficient (Wildman–Crippen LogP) is 2.54.